The van der Waals surface area contributed by atoms with Crippen LogP contribution in [0.25, 0.3) is 0 Å². The largest absolute Gasteiger partial charge is 0.478 e. The van der Waals surface area contributed by atoms with Crippen LogP contribution >= 0.6 is 15.9 Å². The molecule has 1 aromatic rings. The highest BCUT2D eigenvalue weighted by molar-refractivity contribution is 9.10. The third-order valence-electron chi connectivity index (χ3n) is 2.06. The highest BCUT2D eigenvalue weighted by Crippen LogP contribution is 2.32. The van der Waals surface area contributed by atoms with Crippen LogP contribution in [0.4, 0.5) is 5.69 Å². The number of hydrogen-bond donors (Lipinski definition) is 2. The molecule has 1 aromatic carbocycles. The van der Waals surface area contributed by atoms with Gasteiger partial charge in [-0.1, -0.05) is 19.9 Å². The quantitative estimate of drug-likeness (QED) is 0.801. The first-order chi connectivity index (χ1) is 6.45. The van der Waals surface area contributed by atoms with Crippen molar-refractivity contribution in [1.29, 1.82) is 0 Å². The summed E-state index contributed by atoms with van der Waals surface area (Å²) >= 11 is 3.31. The molecule has 0 radical (unpaired) electrons. The molecule has 3 nitrogen and oxygen atoms in total. The Morgan fingerprint density at radius 1 is 1.50 bits per heavy atom. The fraction of sp³-hybridized carbons (Fsp3) is 0.300. The van der Waals surface area contributed by atoms with Gasteiger partial charge in [0, 0.05) is 4.47 Å². The molecule has 0 aliphatic rings. The number of carboxylic acid groups (broad SMARTS) is 1. The number of carbonyl (C=O) groups is 1. The maximum atomic E-state index is 10.8. The van der Waals surface area contributed by atoms with Crippen LogP contribution in [-0.4, -0.2) is 11.1 Å². The maximum Gasteiger partial charge on any atom is 0.337 e. The predicted octanol–water partition coefficient (Wildman–Crippen LogP) is 2.85. The Bertz CT molecular complexity index is 375. The Hall–Kier alpha value is -1.03. The molecule has 0 aliphatic carbocycles. The van der Waals surface area contributed by atoms with Gasteiger partial charge < -0.3 is 10.8 Å². The molecule has 0 aromatic heterocycles. The number of nitrogen functional groups attached to an aromatic ring is 1. The fourth-order valence-electron chi connectivity index (χ4n) is 1.24. The van der Waals surface area contributed by atoms with Gasteiger partial charge in [-0.15, -0.1) is 0 Å². The zero-order valence-electron chi connectivity index (χ0n) is 8.04. The lowest BCUT2D eigenvalue weighted by Crippen LogP contribution is -2.05. The van der Waals surface area contributed by atoms with Crippen molar-refractivity contribution in [3.05, 3.63) is 27.7 Å². The first kappa shape index (κ1) is 11.0. The van der Waals surface area contributed by atoms with Crippen LogP contribution in [0.3, 0.4) is 0 Å². The summed E-state index contributed by atoms with van der Waals surface area (Å²) < 4.78 is 0.687. The molecule has 0 aliphatic heterocycles. The lowest BCUT2D eigenvalue weighted by atomic mass is 10.0. The topological polar surface area (TPSA) is 63.3 Å². The van der Waals surface area contributed by atoms with Gasteiger partial charge in [0.1, 0.15) is 0 Å². The van der Waals surface area contributed by atoms with E-state index in [0.717, 1.165) is 5.56 Å². The van der Waals surface area contributed by atoms with Gasteiger partial charge in [-0.25, -0.2) is 4.79 Å². The highest BCUT2D eigenvalue weighted by atomic mass is 79.9. The average molecular weight is 258 g/mol. The minimum absolute atomic E-state index is 0.140. The molecule has 1 rings (SSSR count). The Morgan fingerprint density at radius 2 is 2.07 bits per heavy atom. The zero-order valence-corrected chi connectivity index (χ0v) is 9.63. The first-order valence-electron chi connectivity index (χ1n) is 4.26. The molecule has 0 heterocycles. The minimum atomic E-state index is -1.00. The van der Waals surface area contributed by atoms with Gasteiger partial charge in [-0.2, -0.15) is 0 Å². The minimum Gasteiger partial charge on any atom is -0.478 e. The fourth-order valence-corrected chi connectivity index (χ4v) is 2.05. The summed E-state index contributed by atoms with van der Waals surface area (Å²) in [5.74, 6) is -0.687. The summed E-state index contributed by atoms with van der Waals surface area (Å²) in [6, 6.07) is 3.33. The van der Waals surface area contributed by atoms with Crippen LogP contribution in [0.1, 0.15) is 35.7 Å². The molecule has 76 valence electrons. The Morgan fingerprint density at radius 3 is 2.50 bits per heavy atom. The van der Waals surface area contributed by atoms with Crippen molar-refractivity contribution in [2.75, 3.05) is 5.73 Å². The number of hydrogen-bond acceptors (Lipinski definition) is 2. The Labute approximate surface area is 91.1 Å². The number of aromatic carboxylic acids is 1. The Balaban J connectivity index is 3.33. The standard InChI is InChI=1S/C10H12BrNO2/c1-5(2)6-3-4-7(10(13)14)9(12)8(6)11/h3-5H,12H2,1-2H3,(H,13,14). The van der Waals surface area contributed by atoms with Crippen LogP contribution in [-0.2, 0) is 0 Å². The number of rotatable bonds is 2. The first-order valence-corrected chi connectivity index (χ1v) is 5.05. The second kappa shape index (κ2) is 4.00. The van der Waals surface area contributed by atoms with Crippen molar-refractivity contribution in [3.63, 3.8) is 0 Å². The number of nitrogens with two attached hydrogens (primary N) is 1. The normalized spacial score (nSPS) is 10.6. The van der Waals surface area contributed by atoms with Gasteiger partial charge in [0.2, 0.25) is 0 Å². The van der Waals surface area contributed by atoms with Crippen LogP contribution in [0.2, 0.25) is 0 Å². The van der Waals surface area contributed by atoms with Gasteiger partial charge in [0.25, 0.3) is 0 Å². The maximum absolute atomic E-state index is 10.8. The second-order valence-electron chi connectivity index (χ2n) is 3.39. The zero-order chi connectivity index (χ0) is 10.9. The van der Waals surface area contributed by atoms with Crippen LogP contribution in [0.5, 0.6) is 0 Å². The van der Waals surface area contributed by atoms with Crippen LogP contribution in [0.15, 0.2) is 16.6 Å². The van der Waals surface area contributed by atoms with Crippen molar-refractivity contribution in [2.24, 2.45) is 0 Å². The van der Waals surface area contributed by atoms with Crippen molar-refractivity contribution < 1.29 is 9.90 Å². The summed E-state index contributed by atoms with van der Waals surface area (Å²) in [7, 11) is 0. The molecule has 0 atom stereocenters. The lowest BCUT2D eigenvalue weighted by Gasteiger charge is -2.11. The third-order valence-corrected chi connectivity index (χ3v) is 2.95. The summed E-state index contributed by atoms with van der Waals surface area (Å²) in [5.41, 5.74) is 7.15. The molecule has 0 amide bonds. The van der Waals surface area contributed by atoms with E-state index < -0.39 is 5.97 Å². The highest BCUT2D eigenvalue weighted by Gasteiger charge is 2.14. The summed E-state index contributed by atoms with van der Waals surface area (Å²) in [6.07, 6.45) is 0. The molecule has 14 heavy (non-hydrogen) atoms. The van der Waals surface area contributed by atoms with Gasteiger partial charge in [0.05, 0.1) is 11.3 Å². The Kier molecular flexibility index (Phi) is 3.16. The van der Waals surface area contributed by atoms with E-state index in [4.69, 9.17) is 10.8 Å². The second-order valence-corrected chi connectivity index (χ2v) is 4.18. The number of carboxylic acids is 1. The molecular weight excluding hydrogens is 246 g/mol. The van der Waals surface area contributed by atoms with E-state index >= 15 is 0 Å². The summed E-state index contributed by atoms with van der Waals surface area (Å²) in [4.78, 5) is 10.8. The molecule has 0 saturated heterocycles. The van der Waals surface area contributed by atoms with E-state index in [2.05, 4.69) is 15.9 Å². The van der Waals surface area contributed by atoms with Gasteiger partial charge in [0.15, 0.2) is 0 Å². The van der Waals surface area contributed by atoms with E-state index in [1.54, 1.807) is 6.07 Å². The molecule has 3 N–H and O–H groups in total. The van der Waals surface area contributed by atoms with Crippen LogP contribution < -0.4 is 5.73 Å². The van der Waals surface area contributed by atoms with Gasteiger partial charge in [-0.05, 0) is 33.5 Å². The SMILES string of the molecule is CC(C)c1ccc(C(=O)O)c(N)c1Br. The van der Waals surface area contributed by atoms with Crippen molar-refractivity contribution in [2.45, 2.75) is 19.8 Å². The van der Waals surface area contributed by atoms with E-state index in [0.29, 0.717) is 16.1 Å². The molecule has 0 bridgehead atoms. The number of benzene rings is 1. The molecule has 0 spiro atoms. The molecule has 4 heteroatoms. The van der Waals surface area contributed by atoms with E-state index in [-0.39, 0.29) is 5.56 Å². The van der Waals surface area contributed by atoms with E-state index in [9.17, 15) is 4.79 Å². The molecule has 0 saturated carbocycles. The van der Waals surface area contributed by atoms with Crippen molar-refractivity contribution in [3.8, 4) is 0 Å². The molecule has 0 fully saturated rings. The smallest absolute Gasteiger partial charge is 0.337 e. The average Bonchev–Trinajstić information content (AvgIpc) is 2.08. The monoisotopic (exact) mass is 257 g/mol. The van der Waals surface area contributed by atoms with Crippen molar-refractivity contribution >= 4 is 27.6 Å². The van der Waals surface area contributed by atoms with Crippen molar-refractivity contribution in [1.82, 2.24) is 0 Å². The third kappa shape index (κ3) is 1.90. The van der Waals surface area contributed by atoms with Crippen LogP contribution in [0, 0.1) is 0 Å². The lowest BCUT2D eigenvalue weighted by molar-refractivity contribution is 0.0698. The number of anilines is 1. The molecule has 0 unspecified atom stereocenters. The predicted molar refractivity (Wildman–Crippen MR) is 59.6 cm³/mol. The van der Waals surface area contributed by atoms with Gasteiger partial charge in [-0.3, -0.25) is 0 Å². The van der Waals surface area contributed by atoms with Gasteiger partial charge >= 0.3 is 5.97 Å². The number of halogens is 1. The summed E-state index contributed by atoms with van der Waals surface area (Å²) in [6.45, 7) is 4.06. The summed E-state index contributed by atoms with van der Waals surface area (Å²) in [5, 5.41) is 8.82. The van der Waals surface area contributed by atoms with E-state index in [1.165, 1.54) is 6.07 Å². The molecular formula is C10H12BrNO2. The van der Waals surface area contributed by atoms with E-state index in [1.807, 2.05) is 13.8 Å².